The normalized spacial score (nSPS) is 25.0. The molecule has 18 heavy (non-hydrogen) atoms. The Labute approximate surface area is 110 Å². The van der Waals surface area contributed by atoms with Gasteiger partial charge < -0.3 is 4.74 Å². The zero-order chi connectivity index (χ0) is 13.2. The van der Waals surface area contributed by atoms with Gasteiger partial charge in [-0.15, -0.1) is 0 Å². The van der Waals surface area contributed by atoms with Crippen molar-refractivity contribution in [3.63, 3.8) is 0 Å². The Morgan fingerprint density at radius 1 is 1.44 bits per heavy atom. The molecule has 1 aliphatic heterocycles. The zero-order valence-corrected chi connectivity index (χ0v) is 11.3. The summed E-state index contributed by atoms with van der Waals surface area (Å²) in [5, 5.41) is -0.615. The van der Waals surface area contributed by atoms with Gasteiger partial charge in [-0.2, -0.15) is 0 Å². The predicted molar refractivity (Wildman–Crippen MR) is 67.6 cm³/mol. The Morgan fingerprint density at radius 3 is 2.89 bits per heavy atom. The van der Waals surface area contributed by atoms with E-state index in [0.717, 1.165) is 5.56 Å². The number of ether oxygens (including phenoxy) is 1. The van der Waals surface area contributed by atoms with Crippen molar-refractivity contribution >= 4 is 19.7 Å². The molecule has 0 spiro atoms. The fourth-order valence-electron chi connectivity index (χ4n) is 2.30. The molecule has 1 fully saturated rings. The Morgan fingerprint density at radius 2 is 2.22 bits per heavy atom. The average molecular weight is 293 g/mol. The highest BCUT2D eigenvalue weighted by Gasteiger charge is 2.34. The minimum absolute atomic E-state index is 0.219. The van der Waals surface area contributed by atoms with Crippen molar-refractivity contribution < 1.29 is 17.5 Å². The lowest BCUT2D eigenvalue weighted by Gasteiger charge is -2.29. The fraction of sp³-hybridized carbons (Fsp3) is 0.500. The van der Waals surface area contributed by atoms with Crippen LogP contribution in [0.25, 0.3) is 0 Å². The van der Waals surface area contributed by atoms with Crippen LogP contribution in [0.1, 0.15) is 12.0 Å². The Bertz CT molecular complexity index is 518. The van der Waals surface area contributed by atoms with Crippen LogP contribution in [-0.2, 0) is 20.2 Å². The van der Waals surface area contributed by atoms with E-state index in [-0.39, 0.29) is 11.7 Å². The van der Waals surface area contributed by atoms with Gasteiger partial charge in [0.25, 0.3) is 0 Å². The Balaban J connectivity index is 2.15. The molecule has 0 aromatic heterocycles. The van der Waals surface area contributed by atoms with E-state index < -0.39 is 14.3 Å². The first-order valence-corrected chi connectivity index (χ1v) is 8.10. The highest BCUT2D eigenvalue weighted by atomic mass is 35.7. The maximum Gasteiger partial charge on any atom is 0.235 e. The summed E-state index contributed by atoms with van der Waals surface area (Å²) in [6.45, 7) is 0.739. The van der Waals surface area contributed by atoms with E-state index in [0.29, 0.717) is 26.1 Å². The molecule has 1 aromatic rings. The van der Waals surface area contributed by atoms with Crippen LogP contribution in [0.4, 0.5) is 4.39 Å². The van der Waals surface area contributed by atoms with Crippen LogP contribution >= 0.6 is 10.7 Å². The first-order chi connectivity index (χ1) is 8.47. The van der Waals surface area contributed by atoms with Crippen molar-refractivity contribution in [2.45, 2.75) is 18.1 Å². The molecule has 100 valence electrons. The number of hydrogen-bond acceptors (Lipinski definition) is 3. The predicted octanol–water partition coefficient (Wildman–Crippen LogP) is 2.34. The molecule has 1 aromatic carbocycles. The molecule has 1 heterocycles. The molecule has 0 amide bonds. The first-order valence-electron chi connectivity index (χ1n) is 5.72. The van der Waals surface area contributed by atoms with Crippen LogP contribution in [0.15, 0.2) is 24.3 Å². The molecule has 0 bridgehead atoms. The number of halogens is 2. The Kier molecular flexibility index (Phi) is 4.25. The van der Waals surface area contributed by atoms with E-state index in [1.165, 1.54) is 12.1 Å². The van der Waals surface area contributed by atoms with Crippen LogP contribution < -0.4 is 0 Å². The van der Waals surface area contributed by atoms with Crippen molar-refractivity contribution in [2.75, 3.05) is 13.2 Å². The standard InChI is InChI=1S/C12H14ClFO3S/c13-18(15,16)12-4-5-17-8-10(12)6-9-2-1-3-11(14)7-9/h1-3,7,10,12H,4-6,8H2/t10-,12-/m1/s1. The second-order valence-corrected chi connectivity index (χ2v) is 7.32. The number of rotatable bonds is 3. The molecule has 0 N–H and O–H groups in total. The molecule has 0 aliphatic carbocycles. The van der Waals surface area contributed by atoms with Crippen molar-refractivity contribution in [1.82, 2.24) is 0 Å². The quantitative estimate of drug-likeness (QED) is 0.803. The summed E-state index contributed by atoms with van der Waals surface area (Å²) in [6.07, 6.45) is 0.847. The second kappa shape index (κ2) is 5.55. The molecule has 0 saturated carbocycles. The topological polar surface area (TPSA) is 43.4 Å². The lowest BCUT2D eigenvalue weighted by atomic mass is 9.93. The van der Waals surface area contributed by atoms with Crippen LogP contribution in [-0.4, -0.2) is 26.9 Å². The highest BCUT2D eigenvalue weighted by Crippen LogP contribution is 2.27. The molecule has 6 heteroatoms. The molecule has 2 atom stereocenters. The maximum absolute atomic E-state index is 13.1. The highest BCUT2D eigenvalue weighted by molar-refractivity contribution is 8.14. The SMILES string of the molecule is O=S(=O)(Cl)[C@@H]1CCOC[C@H]1Cc1cccc(F)c1. The third kappa shape index (κ3) is 3.43. The third-order valence-corrected chi connectivity index (χ3v) is 5.18. The van der Waals surface area contributed by atoms with E-state index in [9.17, 15) is 12.8 Å². The van der Waals surface area contributed by atoms with Crippen LogP contribution in [0, 0.1) is 11.7 Å². The summed E-state index contributed by atoms with van der Waals surface area (Å²) in [7, 11) is 1.84. The van der Waals surface area contributed by atoms with Gasteiger partial charge in [-0.25, -0.2) is 12.8 Å². The van der Waals surface area contributed by atoms with E-state index in [1.54, 1.807) is 12.1 Å². The largest absolute Gasteiger partial charge is 0.381 e. The van der Waals surface area contributed by atoms with Gasteiger partial charge in [0.15, 0.2) is 0 Å². The monoisotopic (exact) mass is 292 g/mol. The number of hydrogen-bond donors (Lipinski definition) is 0. The first kappa shape index (κ1) is 13.8. The lowest BCUT2D eigenvalue weighted by Crippen LogP contribution is -2.37. The summed E-state index contributed by atoms with van der Waals surface area (Å²) in [6, 6.07) is 6.15. The number of benzene rings is 1. The minimum Gasteiger partial charge on any atom is -0.381 e. The maximum atomic E-state index is 13.1. The van der Waals surface area contributed by atoms with Crippen LogP contribution in [0.3, 0.4) is 0 Å². The van der Waals surface area contributed by atoms with Gasteiger partial charge in [0.2, 0.25) is 9.05 Å². The van der Waals surface area contributed by atoms with E-state index in [1.807, 2.05) is 0 Å². The van der Waals surface area contributed by atoms with Crippen LogP contribution in [0.5, 0.6) is 0 Å². The van der Waals surface area contributed by atoms with Crippen molar-refractivity contribution in [3.8, 4) is 0 Å². The fourth-order valence-corrected chi connectivity index (χ4v) is 4.02. The Hall–Kier alpha value is -0.650. The van der Waals surface area contributed by atoms with Crippen LogP contribution in [0.2, 0.25) is 0 Å². The average Bonchev–Trinajstić information content (AvgIpc) is 2.28. The van der Waals surface area contributed by atoms with Gasteiger partial charge >= 0.3 is 0 Å². The third-order valence-electron chi connectivity index (χ3n) is 3.15. The molecule has 3 nitrogen and oxygen atoms in total. The smallest absolute Gasteiger partial charge is 0.235 e. The summed E-state index contributed by atoms with van der Waals surface area (Å²) < 4.78 is 41.3. The van der Waals surface area contributed by atoms with Gasteiger partial charge in [0, 0.05) is 23.2 Å². The van der Waals surface area contributed by atoms with E-state index in [2.05, 4.69) is 0 Å². The van der Waals surface area contributed by atoms with Gasteiger partial charge in [0.05, 0.1) is 11.9 Å². The van der Waals surface area contributed by atoms with E-state index in [4.69, 9.17) is 15.4 Å². The second-order valence-electron chi connectivity index (χ2n) is 4.47. The minimum atomic E-state index is -3.61. The molecule has 1 saturated heterocycles. The van der Waals surface area contributed by atoms with Crippen molar-refractivity contribution in [1.29, 1.82) is 0 Å². The molecule has 1 aliphatic rings. The molecular formula is C12H14ClFO3S. The van der Waals surface area contributed by atoms with E-state index >= 15 is 0 Å². The van der Waals surface area contributed by atoms with Crippen molar-refractivity contribution in [2.24, 2.45) is 5.92 Å². The molecule has 0 unspecified atom stereocenters. The van der Waals surface area contributed by atoms with Gasteiger partial charge in [-0.3, -0.25) is 0 Å². The summed E-state index contributed by atoms with van der Waals surface area (Å²) in [4.78, 5) is 0. The van der Waals surface area contributed by atoms with Gasteiger partial charge in [-0.05, 0) is 30.5 Å². The zero-order valence-electron chi connectivity index (χ0n) is 9.68. The lowest BCUT2D eigenvalue weighted by molar-refractivity contribution is 0.0577. The molecular weight excluding hydrogens is 279 g/mol. The summed E-state index contributed by atoms with van der Waals surface area (Å²) >= 11 is 0. The molecule has 2 rings (SSSR count). The molecule has 0 radical (unpaired) electrons. The van der Waals surface area contributed by atoms with Gasteiger partial charge in [0.1, 0.15) is 5.82 Å². The van der Waals surface area contributed by atoms with Gasteiger partial charge in [-0.1, -0.05) is 12.1 Å². The summed E-state index contributed by atoms with van der Waals surface area (Å²) in [5.41, 5.74) is 0.760. The van der Waals surface area contributed by atoms with Crippen molar-refractivity contribution in [3.05, 3.63) is 35.6 Å². The summed E-state index contributed by atoms with van der Waals surface area (Å²) in [5.74, 6) is -0.544.